The first-order valence-electron chi connectivity index (χ1n) is 5.24. The van der Waals surface area contributed by atoms with Gasteiger partial charge in [0.15, 0.2) is 11.5 Å². The summed E-state index contributed by atoms with van der Waals surface area (Å²) in [4.78, 5) is 0. The van der Waals surface area contributed by atoms with Gasteiger partial charge in [-0.3, -0.25) is 0 Å². The summed E-state index contributed by atoms with van der Waals surface area (Å²) in [5.41, 5.74) is 0.326. The van der Waals surface area contributed by atoms with Crippen molar-refractivity contribution in [1.82, 2.24) is 5.32 Å². The van der Waals surface area contributed by atoms with Crippen molar-refractivity contribution in [3.8, 4) is 11.5 Å². The summed E-state index contributed by atoms with van der Waals surface area (Å²) in [5.74, 6) is -0.648. The van der Waals surface area contributed by atoms with Crippen LogP contribution in [0, 0.1) is 0 Å². The summed E-state index contributed by atoms with van der Waals surface area (Å²) >= 11 is 0. The summed E-state index contributed by atoms with van der Waals surface area (Å²) in [6.45, 7) is -2.49. The molecular formula is C9H13NO3. The Morgan fingerprint density at radius 2 is 2.23 bits per heavy atom. The van der Waals surface area contributed by atoms with Crippen LogP contribution in [0.5, 0.6) is 11.5 Å². The van der Waals surface area contributed by atoms with Gasteiger partial charge in [-0.1, -0.05) is 6.07 Å². The van der Waals surface area contributed by atoms with E-state index in [-0.39, 0.29) is 18.0 Å². The fourth-order valence-corrected chi connectivity index (χ4v) is 0.962. The second-order valence-electron chi connectivity index (χ2n) is 2.64. The molecule has 0 radical (unpaired) electrons. The van der Waals surface area contributed by atoms with Crippen LogP contribution in [0.4, 0.5) is 0 Å². The van der Waals surface area contributed by atoms with Gasteiger partial charge in [0.25, 0.3) is 0 Å². The normalized spacial score (nSPS) is 17.2. The van der Waals surface area contributed by atoms with Crippen molar-refractivity contribution in [2.24, 2.45) is 0 Å². The van der Waals surface area contributed by atoms with Gasteiger partial charge in [-0.15, -0.1) is 0 Å². The monoisotopic (exact) mass is 186 g/mol. The maximum Gasteiger partial charge on any atom is 0.157 e. The van der Waals surface area contributed by atoms with E-state index in [0.717, 1.165) is 0 Å². The average molecular weight is 186 g/mol. The zero-order valence-electron chi connectivity index (χ0n) is 9.86. The molecule has 0 saturated carbocycles. The predicted molar refractivity (Wildman–Crippen MR) is 48.7 cm³/mol. The number of likely N-dealkylation sites (N-methyl/N-ethyl adjacent to an activating group) is 1. The van der Waals surface area contributed by atoms with Crippen LogP contribution < -0.4 is 5.32 Å². The first-order valence-corrected chi connectivity index (χ1v) is 3.74. The number of hydrogen-bond donors (Lipinski definition) is 4. The summed E-state index contributed by atoms with van der Waals surface area (Å²) in [5, 5.41) is 30.0. The lowest BCUT2D eigenvalue weighted by Crippen LogP contribution is -2.16. The Hall–Kier alpha value is -1.26. The highest BCUT2D eigenvalue weighted by molar-refractivity contribution is 5.41. The molecule has 0 aliphatic rings. The lowest BCUT2D eigenvalue weighted by molar-refractivity contribution is 0.177. The van der Waals surface area contributed by atoms with Gasteiger partial charge in [0.1, 0.15) is 0 Å². The van der Waals surface area contributed by atoms with Crippen molar-refractivity contribution in [2.45, 2.75) is 6.10 Å². The number of phenols is 2. The second-order valence-corrected chi connectivity index (χ2v) is 2.64. The molecule has 0 aliphatic heterocycles. The Balaban J connectivity index is 2.66. The van der Waals surface area contributed by atoms with Crippen LogP contribution in [0.1, 0.15) is 15.8 Å². The Labute approximate surface area is 80.7 Å². The molecule has 72 valence electrons. The zero-order chi connectivity index (χ0) is 12.3. The molecule has 0 aromatic heterocycles. The lowest BCUT2D eigenvalue weighted by Gasteiger charge is -2.10. The molecule has 0 saturated heterocycles. The van der Waals surface area contributed by atoms with Crippen molar-refractivity contribution >= 4 is 0 Å². The number of aromatic hydroxyl groups is 2. The fourth-order valence-electron chi connectivity index (χ4n) is 0.962. The van der Waals surface area contributed by atoms with Gasteiger partial charge >= 0.3 is 0 Å². The van der Waals surface area contributed by atoms with Gasteiger partial charge in [0.05, 0.1) is 6.10 Å². The Morgan fingerprint density at radius 1 is 1.46 bits per heavy atom. The van der Waals surface area contributed by atoms with E-state index in [2.05, 4.69) is 5.32 Å². The molecule has 0 spiro atoms. The molecule has 0 amide bonds. The van der Waals surface area contributed by atoms with E-state index in [0.29, 0.717) is 5.56 Å². The molecule has 13 heavy (non-hydrogen) atoms. The number of hydrogen-bond acceptors (Lipinski definition) is 4. The topological polar surface area (TPSA) is 72.7 Å². The van der Waals surface area contributed by atoms with Gasteiger partial charge in [-0.25, -0.2) is 0 Å². The van der Waals surface area contributed by atoms with Crippen molar-refractivity contribution in [2.75, 3.05) is 13.5 Å². The average Bonchev–Trinajstić information content (AvgIpc) is 2.17. The molecule has 0 aliphatic carbocycles. The molecule has 0 fully saturated rings. The SMILES string of the molecule is [2H]C([2H])([2H])NC[C@H](O)c1ccc(O)c(O)c1. The van der Waals surface area contributed by atoms with Gasteiger partial charge < -0.3 is 20.6 Å². The van der Waals surface area contributed by atoms with Gasteiger partial charge in [0.2, 0.25) is 0 Å². The largest absolute Gasteiger partial charge is 0.504 e. The predicted octanol–water partition coefficient (Wildman–Crippen LogP) is 0.351. The second kappa shape index (κ2) is 4.11. The molecule has 4 heteroatoms. The summed E-state index contributed by atoms with van der Waals surface area (Å²) in [6, 6.07) is 3.81. The van der Waals surface area contributed by atoms with Gasteiger partial charge in [-0.2, -0.15) is 0 Å². The van der Waals surface area contributed by atoms with Crippen LogP contribution in [0.3, 0.4) is 0 Å². The number of rotatable bonds is 3. The molecule has 1 aromatic rings. The van der Waals surface area contributed by atoms with Crippen LogP contribution in [0.25, 0.3) is 0 Å². The molecule has 0 bridgehead atoms. The van der Waals surface area contributed by atoms with E-state index in [1.54, 1.807) is 0 Å². The molecule has 4 nitrogen and oxygen atoms in total. The first-order chi connectivity index (χ1) is 7.29. The van der Waals surface area contributed by atoms with E-state index < -0.39 is 13.1 Å². The van der Waals surface area contributed by atoms with E-state index in [1.807, 2.05) is 0 Å². The van der Waals surface area contributed by atoms with E-state index >= 15 is 0 Å². The van der Waals surface area contributed by atoms with E-state index in [1.165, 1.54) is 18.2 Å². The van der Waals surface area contributed by atoms with Crippen molar-refractivity contribution in [3.05, 3.63) is 23.8 Å². The fraction of sp³-hybridized carbons (Fsp3) is 0.333. The molecule has 1 aromatic carbocycles. The minimum atomic E-state index is -2.32. The summed E-state index contributed by atoms with van der Waals surface area (Å²) in [7, 11) is 0. The van der Waals surface area contributed by atoms with Crippen LogP contribution in [0.2, 0.25) is 0 Å². The van der Waals surface area contributed by atoms with Gasteiger partial charge in [0, 0.05) is 10.7 Å². The maximum atomic E-state index is 9.59. The highest BCUT2D eigenvalue weighted by atomic mass is 16.3. The molecule has 0 heterocycles. The number of benzene rings is 1. The molecule has 4 N–H and O–H groups in total. The third-order valence-electron chi connectivity index (χ3n) is 1.68. The highest BCUT2D eigenvalue weighted by Gasteiger charge is 2.08. The quantitative estimate of drug-likeness (QED) is 0.514. The molecular weight excluding hydrogens is 170 g/mol. The molecule has 0 unspecified atom stereocenters. The number of phenolic OH excluding ortho intramolecular Hbond substituents is 2. The van der Waals surface area contributed by atoms with Gasteiger partial charge in [-0.05, 0) is 24.7 Å². The smallest absolute Gasteiger partial charge is 0.157 e. The van der Waals surface area contributed by atoms with Crippen LogP contribution >= 0.6 is 0 Å². The van der Waals surface area contributed by atoms with Crippen LogP contribution in [-0.4, -0.2) is 28.8 Å². The van der Waals surface area contributed by atoms with E-state index in [9.17, 15) is 10.2 Å². The Bertz CT molecular complexity index is 368. The van der Waals surface area contributed by atoms with Crippen molar-refractivity contribution in [3.63, 3.8) is 0 Å². The third-order valence-corrected chi connectivity index (χ3v) is 1.68. The summed E-state index contributed by atoms with van der Waals surface area (Å²) < 4.78 is 20.7. The molecule has 1 atom stereocenters. The van der Waals surface area contributed by atoms with Crippen molar-refractivity contribution in [1.29, 1.82) is 0 Å². The Kier molecular flexibility index (Phi) is 1.97. The van der Waals surface area contributed by atoms with E-state index in [4.69, 9.17) is 9.22 Å². The third kappa shape index (κ3) is 2.34. The minimum absolute atomic E-state index is 0.166. The molecule has 1 rings (SSSR count). The Morgan fingerprint density at radius 3 is 2.85 bits per heavy atom. The zero-order valence-corrected chi connectivity index (χ0v) is 6.86. The highest BCUT2D eigenvalue weighted by Crippen LogP contribution is 2.27. The minimum Gasteiger partial charge on any atom is -0.504 e. The van der Waals surface area contributed by atoms with Crippen molar-refractivity contribution < 1.29 is 19.4 Å². The maximum absolute atomic E-state index is 9.59. The van der Waals surface area contributed by atoms with Crippen LogP contribution in [-0.2, 0) is 0 Å². The standard InChI is InChI=1S/C9H13NO3/c1-10-5-9(13)6-2-3-7(11)8(12)4-6/h2-4,9-13H,5H2,1H3/t9-/m0/s1/i1D3. The van der Waals surface area contributed by atoms with Crippen LogP contribution in [0.15, 0.2) is 18.2 Å². The summed E-state index contributed by atoms with van der Waals surface area (Å²) in [6.07, 6.45) is -1.06. The number of aliphatic hydroxyl groups excluding tert-OH is 1. The number of nitrogens with one attached hydrogen (secondary N) is 1. The number of aliphatic hydroxyl groups is 1. The first kappa shape index (κ1) is 6.23. The lowest BCUT2D eigenvalue weighted by atomic mass is 10.1.